The van der Waals surface area contributed by atoms with Crippen molar-refractivity contribution in [1.29, 1.82) is 0 Å². The summed E-state index contributed by atoms with van der Waals surface area (Å²) >= 11 is 1.56. The van der Waals surface area contributed by atoms with Crippen LogP contribution < -0.4 is 4.72 Å². The normalized spacial score (nSPS) is 11.7. The molecular weight excluding hydrogens is 344 g/mol. The molecule has 0 bridgehead atoms. The summed E-state index contributed by atoms with van der Waals surface area (Å²) in [5.41, 5.74) is 1.30. The standard InChI is InChI=1S/C17H16N2O3S2/c1-12(20)13-5-4-6-14(11-13)24(21,22)18-10-9-17-19-15-7-2-3-8-16(15)23-17/h2-8,11,18H,9-10H2,1H3. The van der Waals surface area contributed by atoms with Gasteiger partial charge in [-0.2, -0.15) is 0 Å². The minimum absolute atomic E-state index is 0.0968. The Kier molecular flexibility index (Phi) is 4.75. The summed E-state index contributed by atoms with van der Waals surface area (Å²) in [6.45, 7) is 1.67. The summed E-state index contributed by atoms with van der Waals surface area (Å²) in [6, 6.07) is 13.8. The summed E-state index contributed by atoms with van der Waals surface area (Å²) in [5, 5.41) is 0.886. The second kappa shape index (κ2) is 6.80. The van der Waals surface area contributed by atoms with Crippen molar-refractivity contribution in [2.75, 3.05) is 6.54 Å². The van der Waals surface area contributed by atoms with Gasteiger partial charge in [0.1, 0.15) is 0 Å². The lowest BCUT2D eigenvalue weighted by Gasteiger charge is -2.06. The van der Waals surface area contributed by atoms with E-state index in [1.807, 2.05) is 24.3 Å². The molecule has 1 N–H and O–H groups in total. The molecule has 0 fully saturated rings. The molecule has 3 rings (SSSR count). The first-order valence-electron chi connectivity index (χ1n) is 7.41. The highest BCUT2D eigenvalue weighted by molar-refractivity contribution is 7.89. The molecule has 5 nitrogen and oxygen atoms in total. The van der Waals surface area contributed by atoms with Crippen molar-refractivity contribution in [2.45, 2.75) is 18.2 Å². The van der Waals surface area contributed by atoms with Gasteiger partial charge >= 0.3 is 0 Å². The molecule has 0 aliphatic carbocycles. The third-order valence-corrected chi connectivity index (χ3v) is 6.07. The first-order chi connectivity index (χ1) is 11.5. The van der Waals surface area contributed by atoms with Crippen LogP contribution in [0.25, 0.3) is 10.2 Å². The minimum atomic E-state index is -3.64. The van der Waals surface area contributed by atoms with E-state index < -0.39 is 10.0 Å². The molecule has 2 aromatic carbocycles. The van der Waals surface area contributed by atoms with Crippen molar-refractivity contribution in [1.82, 2.24) is 9.71 Å². The minimum Gasteiger partial charge on any atom is -0.295 e. The quantitative estimate of drug-likeness (QED) is 0.686. The SMILES string of the molecule is CC(=O)c1cccc(S(=O)(=O)NCCc2nc3ccccc3s2)c1. The predicted molar refractivity (Wildman–Crippen MR) is 95.0 cm³/mol. The number of carbonyl (C=O) groups excluding carboxylic acids is 1. The molecule has 0 radical (unpaired) electrons. The van der Waals surface area contributed by atoms with Crippen LogP contribution in [0.1, 0.15) is 22.3 Å². The summed E-state index contributed by atoms with van der Waals surface area (Å²) in [6.07, 6.45) is 0.519. The molecule has 24 heavy (non-hydrogen) atoms. The Morgan fingerprint density at radius 2 is 1.96 bits per heavy atom. The lowest BCUT2D eigenvalue weighted by Crippen LogP contribution is -2.26. The van der Waals surface area contributed by atoms with Crippen molar-refractivity contribution >= 4 is 37.4 Å². The molecule has 0 aliphatic heterocycles. The number of fused-ring (bicyclic) bond motifs is 1. The van der Waals surface area contributed by atoms with Gasteiger partial charge in [0, 0.05) is 18.5 Å². The van der Waals surface area contributed by atoms with Crippen molar-refractivity contribution in [3.63, 3.8) is 0 Å². The van der Waals surface area contributed by atoms with Gasteiger partial charge in [-0.25, -0.2) is 18.1 Å². The van der Waals surface area contributed by atoms with E-state index in [1.165, 1.54) is 19.1 Å². The number of hydrogen-bond donors (Lipinski definition) is 1. The van der Waals surface area contributed by atoms with Crippen LogP contribution in [0.15, 0.2) is 53.4 Å². The topological polar surface area (TPSA) is 76.1 Å². The smallest absolute Gasteiger partial charge is 0.240 e. The summed E-state index contributed by atoms with van der Waals surface area (Å²) in [4.78, 5) is 16.0. The van der Waals surface area contributed by atoms with Gasteiger partial charge in [-0.15, -0.1) is 11.3 Å². The number of benzene rings is 2. The van der Waals surface area contributed by atoms with Gasteiger partial charge in [-0.3, -0.25) is 4.79 Å². The van der Waals surface area contributed by atoms with Crippen LogP contribution in [0.2, 0.25) is 0 Å². The van der Waals surface area contributed by atoms with E-state index in [4.69, 9.17) is 0 Å². The summed E-state index contributed by atoms with van der Waals surface area (Å²) in [5.74, 6) is -0.165. The second-order valence-corrected chi connectivity index (χ2v) is 8.19. The Morgan fingerprint density at radius 3 is 2.71 bits per heavy atom. The molecule has 0 saturated heterocycles. The largest absolute Gasteiger partial charge is 0.295 e. The third kappa shape index (κ3) is 3.69. The monoisotopic (exact) mass is 360 g/mol. The van der Waals surface area contributed by atoms with E-state index in [-0.39, 0.29) is 17.2 Å². The van der Waals surface area contributed by atoms with E-state index in [0.29, 0.717) is 12.0 Å². The predicted octanol–water partition coefficient (Wildman–Crippen LogP) is 3.02. The number of nitrogens with one attached hydrogen (secondary N) is 1. The zero-order chi connectivity index (χ0) is 17.2. The molecule has 0 spiro atoms. The van der Waals surface area contributed by atoms with Gasteiger partial charge in [-0.05, 0) is 31.2 Å². The molecule has 0 atom stereocenters. The number of nitrogens with zero attached hydrogens (tertiary/aromatic N) is 1. The fraction of sp³-hybridized carbons (Fsp3) is 0.176. The number of para-hydroxylation sites is 1. The number of carbonyl (C=O) groups is 1. The lowest BCUT2D eigenvalue weighted by molar-refractivity contribution is 0.101. The van der Waals surface area contributed by atoms with E-state index in [9.17, 15) is 13.2 Å². The van der Waals surface area contributed by atoms with E-state index >= 15 is 0 Å². The third-order valence-electron chi connectivity index (χ3n) is 3.52. The Hall–Kier alpha value is -2.09. The van der Waals surface area contributed by atoms with Crippen LogP contribution >= 0.6 is 11.3 Å². The van der Waals surface area contributed by atoms with Crippen LogP contribution in [0.3, 0.4) is 0 Å². The van der Waals surface area contributed by atoms with Crippen molar-refractivity contribution < 1.29 is 13.2 Å². The molecular formula is C17H16N2O3S2. The van der Waals surface area contributed by atoms with Gasteiger partial charge < -0.3 is 0 Å². The van der Waals surface area contributed by atoms with Gasteiger partial charge in [0.05, 0.1) is 20.1 Å². The highest BCUT2D eigenvalue weighted by atomic mass is 32.2. The second-order valence-electron chi connectivity index (χ2n) is 5.31. The maximum atomic E-state index is 12.3. The molecule has 3 aromatic rings. The van der Waals surface area contributed by atoms with Crippen molar-refractivity contribution in [2.24, 2.45) is 0 Å². The fourth-order valence-electron chi connectivity index (χ4n) is 2.28. The number of sulfonamides is 1. The highest BCUT2D eigenvalue weighted by Crippen LogP contribution is 2.21. The highest BCUT2D eigenvalue weighted by Gasteiger charge is 2.15. The van der Waals surface area contributed by atoms with E-state index in [2.05, 4.69) is 9.71 Å². The molecule has 0 aliphatic rings. The van der Waals surface area contributed by atoms with Crippen LogP contribution in [0, 0.1) is 0 Å². The molecule has 0 saturated carbocycles. The van der Waals surface area contributed by atoms with Crippen LogP contribution in [-0.2, 0) is 16.4 Å². The first-order valence-corrected chi connectivity index (χ1v) is 9.71. The van der Waals surface area contributed by atoms with Crippen LogP contribution in [-0.4, -0.2) is 25.7 Å². The number of aromatic nitrogens is 1. The van der Waals surface area contributed by atoms with Gasteiger partial charge in [0.2, 0.25) is 10.0 Å². The zero-order valence-electron chi connectivity index (χ0n) is 13.0. The van der Waals surface area contributed by atoms with Gasteiger partial charge in [0.15, 0.2) is 5.78 Å². The average molecular weight is 360 g/mol. The van der Waals surface area contributed by atoms with Crippen molar-refractivity contribution in [3.8, 4) is 0 Å². The summed E-state index contributed by atoms with van der Waals surface area (Å²) < 4.78 is 28.3. The molecule has 0 amide bonds. The lowest BCUT2D eigenvalue weighted by atomic mass is 10.2. The van der Waals surface area contributed by atoms with E-state index in [0.717, 1.165) is 15.2 Å². The van der Waals surface area contributed by atoms with E-state index in [1.54, 1.807) is 23.5 Å². The Labute approximate surface area is 144 Å². The zero-order valence-corrected chi connectivity index (χ0v) is 14.7. The fourth-order valence-corrected chi connectivity index (χ4v) is 4.33. The molecule has 1 heterocycles. The Bertz CT molecular complexity index is 961. The Morgan fingerprint density at radius 1 is 1.17 bits per heavy atom. The van der Waals surface area contributed by atoms with Crippen LogP contribution in [0.5, 0.6) is 0 Å². The summed E-state index contributed by atoms with van der Waals surface area (Å²) in [7, 11) is -3.64. The number of ketones is 1. The number of thiazole rings is 1. The van der Waals surface area contributed by atoms with Gasteiger partial charge in [-0.1, -0.05) is 24.3 Å². The number of hydrogen-bond acceptors (Lipinski definition) is 5. The van der Waals surface area contributed by atoms with Crippen molar-refractivity contribution in [3.05, 3.63) is 59.1 Å². The number of rotatable bonds is 6. The molecule has 1 aromatic heterocycles. The van der Waals surface area contributed by atoms with Gasteiger partial charge in [0.25, 0.3) is 0 Å². The number of Topliss-reactive ketones (excluding diaryl/α,β-unsaturated/α-hetero) is 1. The molecule has 7 heteroatoms. The maximum Gasteiger partial charge on any atom is 0.240 e. The maximum absolute atomic E-state index is 12.3. The Balaban J connectivity index is 1.69. The average Bonchev–Trinajstić information content (AvgIpc) is 2.97. The molecule has 0 unspecified atom stereocenters. The van der Waals surface area contributed by atoms with Crippen LogP contribution in [0.4, 0.5) is 0 Å². The molecule has 124 valence electrons. The first kappa shape index (κ1) is 16.8.